The molecule has 2 aromatic carbocycles. The average Bonchev–Trinajstić information content (AvgIpc) is 2.80. The molecular weight excluding hydrogens is 402 g/mol. The lowest BCUT2D eigenvalue weighted by Gasteiger charge is -2.32. The smallest absolute Gasteiger partial charge is 0.253 e. The van der Waals surface area contributed by atoms with E-state index in [1.54, 1.807) is 28.1 Å². The number of hydrogen-bond donors (Lipinski definition) is 1. The number of carbonyl (C=O) groups excluding carboxylic acids is 2. The van der Waals surface area contributed by atoms with Gasteiger partial charge < -0.3 is 15.1 Å². The van der Waals surface area contributed by atoms with Crippen LogP contribution in [0.5, 0.6) is 0 Å². The van der Waals surface area contributed by atoms with Crippen LogP contribution in [0.2, 0.25) is 5.02 Å². The molecule has 0 atom stereocenters. The van der Waals surface area contributed by atoms with Crippen molar-refractivity contribution in [2.75, 3.05) is 31.5 Å². The Labute approximate surface area is 179 Å². The van der Waals surface area contributed by atoms with Gasteiger partial charge in [0.2, 0.25) is 12.4 Å². The molecule has 2 heterocycles. The van der Waals surface area contributed by atoms with E-state index < -0.39 is 0 Å². The summed E-state index contributed by atoms with van der Waals surface area (Å²) in [6.45, 7) is 2.22. The first-order chi connectivity index (χ1) is 14.6. The van der Waals surface area contributed by atoms with Crippen molar-refractivity contribution < 1.29 is 9.59 Å². The van der Waals surface area contributed by atoms with Crippen LogP contribution in [0.1, 0.15) is 10.4 Å². The number of amides is 2. The summed E-state index contributed by atoms with van der Waals surface area (Å²) in [5.74, 6) is 0.430. The molecule has 1 fully saturated rings. The SMILES string of the molecule is O=CN1CCN(C(=O)c2ccc(Nc3nccc(-c4ccc(Cl)cc4)n3)cc2)CC1. The minimum Gasteiger partial charge on any atom is -0.342 e. The highest BCUT2D eigenvalue weighted by atomic mass is 35.5. The van der Waals surface area contributed by atoms with Crippen molar-refractivity contribution in [1.29, 1.82) is 0 Å². The Kier molecular flexibility index (Phi) is 5.90. The van der Waals surface area contributed by atoms with Crippen molar-refractivity contribution >= 4 is 35.6 Å². The first-order valence-electron chi connectivity index (χ1n) is 9.57. The first kappa shape index (κ1) is 19.8. The molecule has 0 radical (unpaired) electrons. The molecule has 1 aromatic heterocycles. The predicted octanol–water partition coefficient (Wildman–Crippen LogP) is 3.45. The zero-order chi connectivity index (χ0) is 20.9. The third kappa shape index (κ3) is 4.58. The molecule has 2 amide bonds. The highest BCUT2D eigenvalue weighted by Crippen LogP contribution is 2.22. The summed E-state index contributed by atoms with van der Waals surface area (Å²) in [4.78, 5) is 35.7. The van der Waals surface area contributed by atoms with Gasteiger partial charge in [0, 0.05) is 54.2 Å². The lowest BCUT2D eigenvalue weighted by molar-refractivity contribution is -0.119. The van der Waals surface area contributed by atoms with E-state index in [1.165, 1.54) is 0 Å². The predicted molar refractivity (Wildman–Crippen MR) is 116 cm³/mol. The molecule has 8 heteroatoms. The molecule has 0 bridgehead atoms. The molecule has 1 aliphatic rings. The van der Waals surface area contributed by atoms with Gasteiger partial charge in [-0.1, -0.05) is 23.7 Å². The molecule has 7 nitrogen and oxygen atoms in total. The van der Waals surface area contributed by atoms with Gasteiger partial charge in [-0.3, -0.25) is 9.59 Å². The van der Waals surface area contributed by atoms with E-state index in [4.69, 9.17) is 11.6 Å². The summed E-state index contributed by atoms with van der Waals surface area (Å²) in [6, 6.07) is 16.5. The molecule has 1 aliphatic heterocycles. The maximum absolute atomic E-state index is 12.7. The number of nitrogens with one attached hydrogen (secondary N) is 1. The number of carbonyl (C=O) groups is 2. The molecular formula is C22H20ClN5O2. The Morgan fingerprint density at radius 3 is 2.33 bits per heavy atom. The second-order valence-corrected chi connectivity index (χ2v) is 7.34. The molecule has 3 aromatic rings. The lowest BCUT2D eigenvalue weighted by Crippen LogP contribution is -2.48. The van der Waals surface area contributed by atoms with E-state index in [0.29, 0.717) is 42.7 Å². The van der Waals surface area contributed by atoms with E-state index in [9.17, 15) is 9.59 Å². The van der Waals surface area contributed by atoms with Crippen LogP contribution >= 0.6 is 11.6 Å². The van der Waals surface area contributed by atoms with Crippen molar-refractivity contribution in [1.82, 2.24) is 19.8 Å². The van der Waals surface area contributed by atoms with E-state index in [-0.39, 0.29) is 5.91 Å². The summed E-state index contributed by atoms with van der Waals surface area (Å²) in [5, 5.41) is 3.84. The van der Waals surface area contributed by atoms with Crippen LogP contribution in [0.15, 0.2) is 60.8 Å². The number of nitrogens with zero attached hydrogens (tertiary/aromatic N) is 4. The first-order valence-corrected chi connectivity index (χ1v) is 9.95. The van der Waals surface area contributed by atoms with Crippen molar-refractivity contribution in [2.24, 2.45) is 0 Å². The van der Waals surface area contributed by atoms with Crippen LogP contribution in [-0.4, -0.2) is 58.3 Å². The van der Waals surface area contributed by atoms with Gasteiger partial charge in [0.15, 0.2) is 0 Å². The molecule has 0 saturated carbocycles. The Morgan fingerprint density at radius 1 is 0.967 bits per heavy atom. The summed E-state index contributed by atoms with van der Waals surface area (Å²) in [7, 11) is 0. The zero-order valence-corrected chi connectivity index (χ0v) is 16.9. The Hall–Kier alpha value is -3.45. The van der Waals surface area contributed by atoms with E-state index in [0.717, 1.165) is 23.4 Å². The topological polar surface area (TPSA) is 78.4 Å². The van der Waals surface area contributed by atoms with Crippen LogP contribution in [-0.2, 0) is 4.79 Å². The number of rotatable bonds is 5. The average molecular weight is 422 g/mol. The highest BCUT2D eigenvalue weighted by Gasteiger charge is 2.21. The van der Waals surface area contributed by atoms with E-state index in [2.05, 4.69) is 15.3 Å². The second kappa shape index (κ2) is 8.92. The number of aromatic nitrogens is 2. The molecule has 30 heavy (non-hydrogen) atoms. The largest absolute Gasteiger partial charge is 0.342 e. The minimum atomic E-state index is -0.0342. The summed E-state index contributed by atoms with van der Waals surface area (Å²) >= 11 is 5.95. The van der Waals surface area contributed by atoms with Gasteiger partial charge in [0.1, 0.15) is 0 Å². The van der Waals surface area contributed by atoms with Crippen molar-refractivity contribution in [2.45, 2.75) is 0 Å². The molecule has 0 unspecified atom stereocenters. The number of piperazine rings is 1. The van der Waals surface area contributed by atoms with E-state index in [1.807, 2.05) is 42.5 Å². The van der Waals surface area contributed by atoms with E-state index >= 15 is 0 Å². The number of anilines is 2. The van der Waals surface area contributed by atoms with Gasteiger partial charge in [0.05, 0.1) is 5.69 Å². The van der Waals surface area contributed by atoms with Crippen molar-refractivity contribution in [3.8, 4) is 11.3 Å². The van der Waals surface area contributed by atoms with Crippen molar-refractivity contribution in [3.05, 3.63) is 71.4 Å². The summed E-state index contributed by atoms with van der Waals surface area (Å²) in [5.41, 5.74) is 3.12. The summed E-state index contributed by atoms with van der Waals surface area (Å²) in [6.07, 6.45) is 2.52. The third-order valence-corrected chi connectivity index (χ3v) is 5.19. The second-order valence-electron chi connectivity index (χ2n) is 6.91. The van der Waals surface area contributed by atoms with Gasteiger partial charge in [-0.25, -0.2) is 9.97 Å². The number of halogens is 1. The van der Waals surface area contributed by atoms with Crippen molar-refractivity contribution in [3.63, 3.8) is 0 Å². The standard InChI is InChI=1S/C22H20ClN5O2/c23-18-5-1-16(2-6-18)20-9-10-24-22(26-20)25-19-7-3-17(4-8-19)21(30)28-13-11-27(15-29)12-14-28/h1-10,15H,11-14H2,(H,24,25,26). The number of hydrogen-bond acceptors (Lipinski definition) is 5. The number of benzene rings is 2. The molecule has 1 saturated heterocycles. The summed E-state index contributed by atoms with van der Waals surface area (Å²) < 4.78 is 0. The molecule has 152 valence electrons. The van der Waals surface area contributed by atoms with Crippen LogP contribution in [0.4, 0.5) is 11.6 Å². The van der Waals surface area contributed by atoms with Gasteiger partial charge in [0.25, 0.3) is 5.91 Å². The normalized spacial score (nSPS) is 13.8. The van der Waals surface area contributed by atoms with Crippen LogP contribution in [0, 0.1) is 0 Å². The fourth-order valence-corrected chi connectivity index (χ4v) is 3.36. The fraction of sp³-hybridized carbons (Fsp3) is 0.182. The van der Waals surface area contributed by atoms with Gasteiger partial charge in [-0.2, -0.15) is 0 Å². The lowest BCUT2D eigenvalue weighted by atomic mass is 10.1. The third-order valence-electron chi connectivity index (χ3n) is 4.93. The fourth-order valence-electron chi connectivity index (χ4n) is 3.24. The van der Waals surface area contributed by atoms with Crippen LogP contribution in [0.3, 0.4) is 0 Å². The van der Waals surface area contributed by atoms with Gasteiger partial charge in [-0.15, -0.1) is 0 Å². The van der Waals surface area contributed by atoms with Gasteiger partial charge in [-0.05, 0) is 42.5 Å². The molecule has 1 N–H and O–H groups in total. The van der Waals surface area contributed by atoms with Gasteiger partial charge >= 0.3 is 0 Å². The monoisotopic (exact) mass is 421 g/mol. The van der Waals surface area contributed by atoms with Crippen LogP contribution < -0.4 is 5.32 Å². The maximum Gasteiger partial charge on any atom is 0.253 e. The molecule has 4 rings (SSSR count). The zero-order valence-electron chi connectivity index (χ0n) is 16.2. The maximum atomic E-state index is 12.7. The molecule has 0 spiro atoms. The van der Waals surface area contributed by atoms with Crippen LogP contribution in [0.25, 0.3) is 11.3 Å². The quantitative estimate of drug-likeness (QED) is 0.638. The Balaban J connectivity index is 1.42. The Morgan fingerprint density at radius 2 is 1.67 bits per heavy atom. The molecule has 0 aliphatic carbocycles. The highest BCUT2D eigenvalue weighted by molar-refractivity contribution is 6.30. The Bertz CT molecular complexity index is 1030. The minimum absolute atomic E-state index is 0.0342.